The van der Waals surface area contributed by atoms with Gasteiger partial charge < -0.3 is 9.73 Å². The number of carbonyl (C=O) groups is 2. The van der Waals surface area contributed by atoms with Crippen molar-refractivity contribution >= 4 is 58.5 Å². The molecule has 0 aliphatic rings. The summed E-state index contributed by atoms with van der Waals surface area (Å²) in [4.78, 5) is 35.7. The molecule has 0 saturated carbocycles. The third kappa shape index (κ3) is 6.60. The predicted octanol–water partition coefficient (Wildman–Crippen LogP) is 5.72. The van der Waals surface area contributed by atoms with Crippen molar-refractivity contribution in [1.29, 1.82) is 0 Å². The third-order valence-corrected chi connectivity index (χ3v) is 5.71. The fourth-order valence-electron chi connectivity index (χ4n) is 3.04. The molecule has 1 unspecified atom stereocenters. The van der Waals surface area contributed by atoms with E-state index in [1.807, 2.05) is 0 Å². The van der Waals surface area contributed by atoms with Crippen LogP contribution in [0.5, 0.6) is 0 Å². The minimum atomic E-state index is -0.901. The first-order valence-corrected chi connectivity index (χ1v) is 11.3. The molecule has 1 heterocycles. The summed E-state index contributed by atoms with van der Waals surface area (Å²) in [5.74, 6) is -0.789. The molecule has 35 heavy (non-hydrogen) atoms. The fourth-order valence-corrected chi connectivity index (χ4v) is 3.74. The summed E-state index contributed by atoms with van der Waals surface area (Å²) in [6.45, 7) is 3.53. The first-order valence-electron chi connectivity index (χ1n) is 10.2. The topological polar surface area (TPSA) is 127 Å². The molecular formula is C23H19Cl3N4O5. The number of non-ortho nitro benzene ring substituents is 1. The zero-order valence-corrected chi connectivity index (χ0v) is 20.7. The van der Waals surface area contributed by atoms with Gasteiger partial charge in [-0.25, -0.2) is 5.43 Å². The number of rotatable bonds is 8. The molecule has 2 amide bonds. The van der Waals surface area contributed by atoms with Gasteiger partial charge in [-0.1, -0.05) is 48.7 Å². The smallest absolute Gasteiger partial charge is 0.270 e. The maximum atomic E-state index is 12.6. The van der Waals surface area contributed by atoms with Crippen molar-refractivity contribution < 1.29 is 18.9 Å². The standard InChI is InChI=1S/C23H19Cl3N4O5/c1-12(2)21(28-22(31)16-6-3-13(24)9-19(16)26)23(32)29-27-11-15-5-8-20(35-15)17-10-14(30(33)34)4-7-18(17)25/h3-12,21H,1-2H3,(H,28,31)(H,29,32). The Kier molecular flexibility index (Phi) is 8.50. The molecule has 182 valence electrons. The second-order valence-corrected chi connectivity index (χ2v) is 8.93. The molecule has 0 aliphatic carbocycles. The van der Waals surface area contributed by atoms with Crippen LogP contribution in [0.25, 0.3) is 11.3 Å². The van der Waals surface area contributed by atoms with E-state index in [0.29, 0.717) is 16.3 Å². The Morgan fingerprint density at radius 3 is 2.46 bits per heavy atom. The van der Waals surface area contributed by atoms with Crippen LogP contribution in [0.4, 0.5) is 5.69 Å². The van der Waals surface area contributed by atoms with Crippen molar-refractivity contribution in [3.05, 3.63) is 85.0 Å². The highest BCUT2D eigenvalue weighted by Crippen LogP contribution is 2.32. The van der Waals surface area contributed by atoms with Crippen molar-refractivity contribution in [2.75, 3.05) is 0 Å². The minimum absolute atomic E-state index is 0.134. The number of nitro groups is 1. The molecule has 0 radical (unpaired) electrons. The summed E-state index contributed by atoms with van der Waals surface area (Å²) in [7, 11) is 0. The molecule has 12 heteroatoms. The van der Waals surface area contributed by atoms with Gasteiger partial charge in [-0.05, 0) is 42.3 Å². The number of furan rings is 1. The lowest BCUT2D eigenvalue weighted by atomic mass is 10.0. The molecule has 3 aromatic rings. The highest BCUT2D eigenvalue weighted by Gasteiger charge is 2.25. The van der Waals surface area contributed by atoms with Crippen LogP contribution in [-0.2, 0) is 4.79 Å². The fraction of sp³-hybridized carbons (Fsp3) is 0.174. The van der Waals surface area contributed by atoms with E-state index < -0.39 is 22.8 Å². The zero-order valence-electron chi connectivity index (χ0n) is 18.4. The normalized spacial score (nSPS) is 12.1. The molecule has 0 spiro atoms. The second kappa shape index (κ2) is 11.4. The molecule has 1 aromatic heterocycles. The monoisotopic (exact) mass is 536 g/mol. The lowest BCUT2D eigenvalue weighted by Crippen LogP contribution is -2.48. The van der Waals surface area contributed by atoms with Crippen molar-refractivity contribution in [2.45, 2.75) is 19.9 Å². The highest BCUT2D eigenvalue weighted by atomic mass is 35.5. The van der Waals surface area contributed by atoms with Gasteiger partial charge in [0.1, 0.15) is 17.6 Å². The van der Waals surface area contributed by atoms with Crippen molar-refractivity contribution in [3.8, 4) is 11.3 Å². The number of nitro benzene ring substituents is 1. The minimum Gasteiger partial charge on any atom is -0.455 e. The average molecular weight is 538 g/mol. The largest absolute Gasteiger partial charge is 0.455 e. The quantitative estimate of drug-likeness (QED) is 0.216. The van der Waals surface area contributed by atoms with Gasteiger partial charge in [0.2, 0.25) is 0 Å². The van der Waals surface area contributed by atoms with E-state index in [1.165, 1.54) is 42.6 Å². The number of halogens is 3. The first kappa shape index (κ1) is 26.2. The number of amides is 2. The number of carbonyl (C=O) groups excluding carboxylic acids is 2. The zero-order chi connectivity index (χ0) is 25.7. The van der Waals surface area contributed by atoms with Crippen LogP contribution < -0.4 is 10.7 Å². The molecule has 9 nitrogen and oxygen atoms in total. The Morgan fingerprint density at radius 1 is 1.06 bits per heavy atom. The van der Waals surface area contributed by atoms with Gasteiger partial charge in [-0.15, -0.1) is 0 Å². The number of nitrogens with zero attached hydrogens (tertiary/aromatic N) is 2. The molecule has 0 bridgehead atoms. The lowest BCUT2D eigenvalue weighted by Gasteiger charge is -2.20. The van der Waals surface area contributed by atoms with Crippen LogP contribution in [-0.4, -0.2) is 29.0 Å². The second-order valence-electron chi connectivity index (χ2n) is 7.68. The van der Waals surface area contributed by atoms with Crippen LogP contribution in [0.2, 0.25) is 15.1 Å². The Balaban J connectivity index is 1.68. The Bertz CT molecular complexity index is 1310. The average Bonchev–Trinajstić information content (AvgIpc) is 3.25. The maximum Gasteiger partial charge on any atom is 0.270 e. The summed E-state index contributed by atoms with van der Waals surface area (Å²) in [5, 5.41) is 18.4. The Labute approximate surface area is 215 Å². The SMILES string of the molecule is CC(C)C(NC(=O)c1ccc(Cl)cc1Cl)C(=O)NN=Cc1ccc(-c2cc([N+](=O)[O-])ccc2Cl)o1. The summed E-state index contributed by atoms with van der Waals surface area (Å²) >= 11 is 18.1. The molecule has 0 saturated heterocycles. The van der Waals surface area contributed by atoms with Gasteiger partial charge in [0.15, 0.2) is 0 Å². The van der Waals surface area contributed by atoms with Gasteiger partial charge in [0.05, 0.1) is 26.7 Å². The van der Waals surface area contributed by atoms with Crippen LogP contribution in [0.15, 0.2) is 58.0 Å². The van der Waals surface area contributed by atoms with Gasteiger partial charge >= 0.3 is 0 Å². The summed E-state index contributed by atoms with van der Waals surface area (Å²) < 4.78 is 5.62. The van der Waals surface area contributed by atoms with E-state index in [-0.39, 0.29) is 33.0 Å². The molecule has 2 N–H and O–H groups in total. The van der Waals surface area contributed by atoms with Crippen LogP contribution in [0, 0.1) is 16.0 Å². The van der Waals surface area contributed by atoms with Crippen LogP contribution >= 0.6 is 34.8 Å². The summed E-state index contributed by atoms with van der Waals surface area (Å²) in [5.41, 5.74) is 2.75. The molecule has 0 fully saturated rings. The van der Waals surface area contributed by atoms with Crippen LogP contribution in [0.3, 0.4) is 0 Å². The number of hydrogen-bond acceptors (Lipinski definition) is 6. The van der Waals surface area contributed by atoms with E-state index in [2.05, 4.69) is 15.8 Å². The number of nitrogens with one attached hydrogen (secondary N) is 2. The molecule has 2 aromatic carbocycles. The lowest BCUT2D eigenvalue weighted by molar-refractivity contribution is -0.384. The predicted molar refractivity (Wildman–Crippen MR) is 134 cm³/mol. The van der Waals surface area contributed by atoms with E-state index in [4.69, 9.17) is 39.2 Å². The Morgan fingerprint density at radius 2 is 1.80 bits per heavy atom. The van der Waals surface area contributed by atoms with Crippen molar-refractivity contribution in [1.82, 2.24) is 10.7 Å². The van der Waals surface area contributed by atoms with E-state index in [1.54, 1.807) is 26.0 Å². The summed E-state index contributed by atoms with van der Waals surface area (Å²) in [6.07, 6.45) is 1.25. The molecular weight excluding hydrogens is 519 g/mol. The van der Waals surface area contributed by atoms with Gasteiger partial charge in [0, 0.05) is 22.7 Å². The number of benzene rings is 2. The molecule has 0 aliphatic heterocycles. The van der Waals surface area contributed by atoms with Crippen LogP contribution in [0.1, 0.15) is 30.0 Å². The Hall–Kier alpha value is -3.40. The first-order chi connectivity index (χ1) is 16.6. The molecule has 1 atom stereocenters. The van der Waals surface area contributed by atoms with E-state index >= 15 is 0 Å². The maximum absolute atomic E-state index is 12.6. The van der Waals surface area contributed by atoms with Crippen molar-refractivity contribution in [3.63, 3.8) is 0 Å². The number of hydrogen-bond donors (Lipinski definition) is 2. The number of hydrazone groups is 1. The van der Waals surface area contributed by atoms with Gasteiger partial charge in [-0.3, -0.25) is 19.7 Å². The molecule has 3 rings (SSSR count). The van der Waals surface area contributed by atoms with Gasteiger partial charge in [0.25, 0.3) is 17.5 Å². The van der Waals surface area contributed by atoms with E-state index in [9.17, 15) is 19.7 Å². The van der Waals surface area contributed by atoms with Crippen molar-refractivity contribution in [2.24, 2.45) is 11.0 Å². The third-order valence-electron chi connectivity index (χ3n) is 4.83. The van der Waals surface area contributed by atoms with E-state index in [0.717, 1.165) is 0 Å². The van der Waals surface area contributed by atoms with Gasteiger partial charge in [-0.2, -0.15) is 5.10 Å². The summed E-state index contributed by atoms with van der Waals surface area (Å²) in [6, 6.07) is 10.6. The highest BCUT2D eigenvalue weighted by molar-refractivity contribution is 6.36.